The van der Waals surface area contributed by atoms with Gasteiger partial charge in [0.2, 0.25) is 5.91 Å². The highest BCUT2D eigenvalue weighted by atomic mass is 16.1. The zero-order chi connectivity index (χ0) is 7.40. The van der Waals surface area contributed by atoms with Crippen LogP contribution >= 0.6 is 0 Å². The summed E-state index contributed by atoms with van der Waals surface area (Å²) in [6.07, 6.45) is 5.67. The Labute approximate surface area is 58.1 Å². The molecule has 4 nitrogen and oxygen atoms in total. The Bertz CT molecular complexity index is 222. The highest BCUT2D eigenvalue weighted by molar-refractivity contribution is 5.86. The van der Waals surface area contributed by atoms with E-state index in [1.807, 2.05) is 0 Å². The molecule has 0 spiro atoms. The Morgan fingerprint density at radius 2 is 2.10 bits per heavy atom. The van der Waals surface area contributed by atoms with Crippen LogP contribution in [0.5, 0.6) is 0 Å². The minimum Gasteiger partial charge on any atom is -0.369 e. The van der Waals surface area contributed by atoms with E-state index in [0.717, 1.165) is 0 Å². The lowest BCUT2D eigenvalue weighted by molar-refractivity contribution is -0.114. The third-order valence-electron chi connectivity index (χ3n) is 0.889. The molecule has 0 aliphatic heterocycles. The van der Waals surface area contributed by atoms with Gasteiger partial charge >= 0.3 is 0 Å². The van der Waals surface area contributed by atoms with Gasteiger partial charge in [-0.3, -0.25) is 4.79 Å². The molecule has 0 bridgehead atoms. The summed E-state index contributed by atoms with van der Waals surface area (Å²) in [4.78, 5) is 17.7. The van der Waals surface area contributed by atoms with E-state index in [1.54, 1.807) is 0 Å². The lowest BCUT2D eigenvalue weighted by atomic mass is 10.2. The fourth-order valence-electron chi connectivity index (χ4n) is 0.549. The van der Waals surface area contributed by atoms with Crippen LogP contribution in [0.1, 0.15) is 5.56 Å². The van der Waals surface area contributed by atoms with Gasteiger partial charge in [0.05, 0.1) is 6.42 Å². The van der Waals surface area contributed by atoms with Crippen LogP contribution in [-0.2, 0) is 4.79 Å². The largest absolute Gasteiger partial charge is 0.369 e. The molecule has 1 aromatic rings. The molecular weight excluding hydrogens is 130 g/mol. The predicted octanol–water partition coefficient (Wildman–Crippen LogP) is -0.486. The maximum atomic E-state index is 10.3. The van der Waals surface area contributed by atoms with Crippen molar-refractivity contribution in [3.05, 3.63) is 30.7 Å². The molecule has 0 fully saturated rings. The molecule has 0 atom stereocenters. The number of nitrogens with zero attached hydrogens (tertiary/aromatic N) is 2. The summed E-state index contributed by atoms with van der Waals surface area (Å²) in [5.74, 6) is -0.491. The first-order valence-electron chi connectivity index (χ1n) is 2.68. The lowest BCUT2D eigenvalue weighted by Gasteiger charge is -1.91. The summed E-state index contributed by atoms with van der Waals surface area (Å²) in [5.41, 5.74) is 5.49. The van der Waals surface area contributed by atoms with Crippen molar-refractivity contribution in [2.45, 2.75) is 0 Å². The summed E-state index contributed by atoms with van der Waals surface area (Å²) < 4.78 is 0. The second-order valence-electron chi connectivity index (χ2n) is 1.72. The van der Waals surface area contributed by atoms with Gasteiger partial charge in [0.25, 0.3) is 0 Å². The number of hydrogen-bond donors (Lipinski definition) is 1. The molecule has 1 aromatic heterocycles. The van der Waals surface area contributed by atoms with Crippen molar-refractivity contribution in [3.8, 4) is 0 Å². The zero-order valence-corrected chi connectivity index (χ0v) is 5.19. The van der Waals surface area contributed by atoms with Crippen LogP contribution in [0.2, 0.25) is 0 Å². The van der Waals surface area contributed by atoms with Crippen molar-refractivity contribution >= 4 is 5.91 Å². The average molecular weight is 136 g/mol. The molecule has 0 aliphatic rings. The summed E-state index contributed by atoms with van der Waals surface area (Å²) in [6, 6.07) is 0. The zero-order valence-electron chi connectivity index (χ0n) is 5.19. The van der Waals surface area contributed by atoms with E-state index in [9.17, 15) is 4.79 Å². The smallest absolute Gasteiger partial charge is 0.226 e. The first kappa shape index (κ1) is 6.67. The van der Waals surface area contributed by atoms with Crippen LogP contribution in [0.25, 0.3) is 0 Å². The normalized spacial score (nSPS) is 9.20. The Kier molecular flexibility index (Phi) is 1.94. The molecule has 0 saturated carbocycles. The van der Waals surface area contributed by atoms with Gasteiger partial charge in [-0.1, -0.05) is 0 Å². The average Bonchev–Trinajstić information content (AvgIpc) is 1.88. The molecule has 0 saturated heterocycles. The third-order valence-corrected chi connectivity index (χ3v) is 0.889. The van der Waals surface area contributed by atoms with Crippen LogP contribution in [0.4, 0.5) is 0 Å². The third kappa shape index (κ3) is 1.81. The van der Waals surface area contributed by atoms with Gasteiger partial charge in [-0.15, -0.1) is 0 Å². The van der Waals surface area contributed by atoms with Crippen molar-refractivity contribution < 1.29 is 4.79 Å². The van der Waals surface area contributed by atoms with E-state index in [-0.39, 0.29) is 0 Å². The molecule has 2 N–H and O–H groups in total. The highest BCUT2D eigenvalue weighted by Crippen LogP contribution is 1.94. The van der Waals surface area contributed by atoms with Gasteiger partial charge in [0.1, 0.15) is 6.33 Å². The van der Waals surface area contributed by atoms with Crippen LogP contribution in [0.3, 0.4) is 0 Å². The Hall–Kier alpha value is -1.45. The maximum Gasteiger partial charge on any atom is 0.226 e. The summed E-state index contributed by atoms with van der Waals surface area (Å²) >= 11 is 0. The van der Waals surface area contributed by atoms with Gasteiger partial charge < -0.3 is 5.73 Å². The highest BCUT2D eigenvalue weighted by Gasteiger charge is 1.96. The van der Waals surface area contributed by atoms with E-state index >= 15 is 0 Å². The van der Waals surface area contributed by atoms with E-state index in [4.69, 9.17) is 5.73 Å². The lowest BCUT2D eigenvalue weighted by Crippen LogP contribution is -2.11. The van der Waals surface area contributed by atoms with E-state index in [0.29, 0.717) is 5.56 Å². The number of carbonyl (C=O) groups excluding carboxylic acids is 1. The Morgan fingerprint density at radius 1 is 1.50 bits per heavy atom. The first-order chi connectivity index (χ1) is 4.79. The minimum atomic E-state index is -0.491. The van der Waals surface area contributed by atoms with E-state index in [1.165, 1.54) is 25.1 Å². The van der Waals surface area contributed by atoms with Gasteiger partial charge in [0, 0.05) is 18.0 Å². The molecule has 4 heteroatoms. The number of amides is 1. The molecule has 1 heterocycles. The molecule has 51 valence electrons. The molecule has 1 radical (unpaired) electrons. The van der Waals surface area contributed by atoms with Crippen molar-refractivity contribution in [1.82, 2.24) is 9.97 Å². The summed E-state index contributed by atoms with van der Waals surface area (Å²) in [7, 11) is 0. The second kappa shape index (κ2) is 2.91. The SMILES string of the molecule is NC(=O)[CH]c1cncnc1. The molecular formula is C6H6N3O. The quantitative estimate of drug-likeness (QED) is 0.596. The molecule has 10 heavy (non-hydrogen) atoms. The molecule has 0 unspecified atom stereocenters. The molecule has 1 amide bonds. The van der Waals surface area contributed by atoms with E-state index in [2.05, 4.69) is 9.97 Å². The number of primary amides is 1. The molecule has 0 aromatic carbocycles. The second-order valence-corrected chi connectivity index (χ2v) is 1.72. The number of hydrogen-bond acceptors (Lipinski definition) is 3. The number of carbonyl (C=O) groups is 1. The van der Waals surface area contributed by atoms with Crippen molar-refractivity contribution in [2.75, 3.05) is 0 Å². The van der Waals surface area contributed by atoms with Crippen molar-refractivity contribution in [1.29, 1.82) is 0 Å². The standard InChI is InChI=1S/C6H6N3O/c7-6(10)1-5-2-8-4-9-3-5/h1-4H,(H2,7,10). The van der Waals surface area contributed by atoms with Crippen LogP contribution in [0.15, 0.2) is 18.7 Å². The van der Waals surface area contributed by atoms with Crippen LogP contribution in [0, 0.1) is 6.42 Å². The monoisotopic (exact) mass is 136 g/mol. The van der Waals surface area contributed by atoms with E-state index < -0.39 is 5.91 Å². The fraction of sp³-hybridized carbons (Fsp3) is 0. The van der Waals surface area contributed by atoms with Gasteiger partial charge in [0.15, 0.2) is 0 Å². The minimum absolute atomic E-state index is 0.491. The number of nitrogens with two attached hydrogens (primary N) is 1. The summed E-state index contributed by atoms with van der Waals surface area (Å²) in [6.45, 7) is 0. The first-order valence-corrected chi connectivity index (χ1v) is 2.68. The molecule has 1 rings (SSSR count). The predicted molar refractivity (Wildman–Crippen MR) is 34.6 cm³/mol. The van der Waals surface area contributed by atoms with Gasteiger partial charge in [-0.2, -0.15) is 0 Å². The Balaban J connectivity index is 2.67. The molecule has 0 aliphatic carbocycles. The van der Waals surface area contributed by atoms with Crippen LogP contribution < -0.4 is 5.73 Å². The van der Waals surface area contributed by atoms with Crippen LogP contribution in [-0.4, -0.2) is 15.9 Å². The summed E-state index contributed by atoms with van der Waals surface area (Å²) in [5, 5.41) is 0. The number of rotatable bonds is 2. The number of aromatic nitrogens is 2. The van der Waals surface area contributed by atoms with Crippen molar-refractivity contribution in [2.24, 2.45) is 5.73 Å². The van der Waals surface area contributed by atoms with Gasteiger partial charge in [-0.25, -0.2) is 9.97 Å². The Morgan fingerprint density at radius 3 is 2.60 bits per heavy atom. The van der Waals surface area contributed by atoms with Gasteiger partial charge in [-0.05, 0) is 0 Å². The fourth-order valence-corrected chi connectivity index (χ4v) is 0.549. The topological polar surface area (TPSA) is 68.9 Å². The van der Waals surface area contributed by atoms with Crippen molar-refractivity contribution in [3.63, 3.8) is 0 Å². The maximum absolute atomic E-state index is 10.3.